The van der Waals surface area contributed by atoms with Gasteiger partial charge in [0.15, 0.2) is 16.9 Å². The summed E-state index contributed by atoms with van der Waals surface area (Å²) in [6.07, 6.45) is 6.54. The topological polar surface area (TPSA) is 83.1 Å². The number of carbonyl (C=O) groups excluding carboxylic acids is 1. The largest absolute Gasteiger partial charge is 0.454 e. The second-order valence-corrected chi connectivity index (χ2v) is 10.2. The molecule has 0 saturated heterocycles. The molecule has 5 fully saturated rings. The average molecular weight is 409 g/mol. The lowest BCUT2D eigenvalue weighted by Gasteiger charge is -2.56. The number of halogens is 1. The second-order valence-electron chi connectivity index (χ2n) is 9.84. The van der Waals surface area contributed by atoms with Crippen molar-refractivity contribution in [3.05, 3.63) is 22.7 Å². The quantitative estimate of drug-likeness (QED) is 0.729. The summed E-state index contributed by atoms with van der Waals surface area (Å²) in [5.41, 5.74) is -1.02. The van der Waals surface area contributed by atoms with Gasteiger partial charge in [-0.05, 0) is 67.9 Å². The number of Topliss-reactive ketones (excluding diaryl/α,β-unsaturated/α-hetero) is 1. The highest BCUT2D eigenvalue weighted by molar-refractivity contribution is 6.31. The van der Waals surface area contributed by atoms with Crippen LogP contribution in [-0.4, -0.2) is 12.6 Å². The van der Waals surface area contributed by atoms with Crippen molar-refractivity contribution in [2.24, 2.45) is 34.5 Å². The fraction of sp³-hybridized carbons (Fsp3) is 0.609. The van der Waals surface area contributed by atoms with Gasteiger partial charge in [-0.1, -0.05) is 11.6 Å². The van der Waals surface area contributed by atoms with Gasteiger partial charge in [0.25, 0.3) is 0 Å². The Bertz CT molecular complexity index is 971. The number of ether oxygens (including phenoxy) is 2. The number of rotatable bonds is 3. The standard InChI is InChI=1S/C23H21ClN2O3/c24-16-5-18-17(28-11-29-18)4-15(16)19-20(23(19,9-25)10-26)21(27)22-6-12-1-13(7-22)3-14(2-12)8-22/h4-5,12-14,19-20H,1-3,6-8,11H2/t12?,13?,14?,19?,20-,22?/m0/s1. The Labute approximate surface area is 174 Å². The fourth-order valence-corrected chi connectivity index (χ4v) is 7.66. The van der Waals surface area contributed by atoms with E-state index in [1.807, 2.05) is 0 Å². The number of fused-ring (bicyclic) bond motifs is 1. The number of carbonyl (C=O) groups is 1. The summed E-state index contributed by atoms with van der Waals surface area (Å²) in [5, 5.41) is 20.3. The number of hydrogen-bond acceptors (Lipinski definition) is 5. The van der Waals surface area contributed by atoms with Crippen LogP contribution in [0, 0.1) is 57.2 Å². The molecular formula is C23H21ClN2O3. The Hall–Kier alpha value is -2.24. The van der Waals surface area contributed by atoms with Crippen molar-refractivity contribution in [3.63, 3.8) is 0 Å². The number of hydrogen-bond donors (Lipinski definition) is 0. The molecule has 1 aromatic rings. The van der Waals surface area contributed by atoms with Gasteiger partial charge in [-0.25, -0.2) is 0 Å². The van der Waals surface area contributed by atoms with Gasteiger partial charge in [0.2, 0.25) is 6.79 Å². The van der Waals surface area contributed by atoms with Crippen molar-refractivity contribution in [2.75, 3.05) is 6.79 Å². The third-order valence-electron chi connectivity index (χ3n) is 8.25. The van der Waals surface area contributed by atoms with Crippen LogP contribution in [0.5, 0.6) is 11.5 Å². The summed E-state index contributed by atoms with van der Waals surface area (Å²) in [6, 6.07) is 7.82. The summed E-state index contributed by atoms with van der Waals surface area (Å²) in [4.78, 5) is 13.9. The summed E-state index contributed by atoms with van der Waals surface area (Å²) < 4.78 is 10.8. The molecular weight excluding hydrogens is 388 g/mol. The summed E-state index contributed by atoms with van der Waals surface area (Å²) in [6.45, 7) is 0.122. The van der Waals surface area contributed by atoms with E-state index in [-0.39, 0.29) is 18.0 Å². The minimum atomic E-state index is -1.34. The molecule has 5 aliphatic carbocycles. The first kappa shape index (κ1) is 17.6. The van der Waals surface area contributed by atoms with Crippen molar-refractivity contribution in [1.82, 2.24) is 0 Å². The summed E-state index contributed by atoms with van der Waals surface area (Å²) in [7, 11) is 0. The van der Waals surface area contributed by atoms with Crippen LogP contribution in [-0.2, 0) is 4.79 Å². The van der Waals surface area contributed by atoms with Crippen LogP contribution < -0.4 is 9.47 Å². The Morgan fingerprint density at radius 1 is 1.00 bits per heavy atom. The Morgan fingerprint density at radius 3 is 2.10 bits per heavy atom. The van der Waals surface area contributed by atoms with Crippen LogP contribution in [0.1, 0.15) is 50.0 Å². The van der Waals surface area contributed by atoms with E-state index in [0.717, 1.165) is 19.3 Å². The zero-order valence-corrected chi connectivity index (χ0v) is 16.7. The average Bonchev–Trinajstić information content (AvgIpc) is 3.14. The Morgan fingerprint density at radius 2 is 1.55 bits per heavy atom. The third kappa shape index (κ3) is 2.23. The highest BCUT2D eigenvalue weighted by Gasteiger charge is 2.74. The van der Waals surface area contributed by atoms with E-state index >= 15 is 0 Å². The van der Waals surface area contributed by atoms with E-state index in [4.69, 9.17) is 21.1 Å². The molecule has 1 aromatic carbocycles. The van der Waals surface area contributed by atoms with E-state index in [1.54, 1.807) is 12.1 Å². The van der Waals surface area contributed by atoms with Crippen molar-refractivity contribution in [2.45, 2.75) is 44.4 Å². The molecule has 7 rings (SSSR count). The highest BCUT2D eigenvalue weighted by Crippen LogP contribution is 2.71. The number of nitriles is 2. The van der Waals surface area contributed by atoms with Crippen molar-refractivity contribution >= 4 is 17.4 Å². The number of benzene rings is 1. The second kappa shape index (κ2) is 5.67. The number of ketones is 1. The molecule has 5 saturated carbocycles. The minimum Gasteiger partial charge on any atom is -0.454 e. The highest BCUT2D eigenvalue weighted by atomic mass is 35.5. The van der Waals surface area contributed by atoms with E-state index in [2.05, 4.69) is 12.1 Å². The van der Waals surface area contributed by atoms with Crippen LogP contribution in [0.4, 0.5) is 0 Å². The van der Waals surface area contributed by atoms with E-state index in [9.17, 15) is 15.3 Å². The predicted octanol–water partition coefficient (Wildman–Crippen LogP) is 4.60. The van der Waals surface area contributed by atoms with Crippen LogP contribution in [0.25, 0.3) is 0 Å². The molecule has 5 nitrogen and oxygen atoms in total. The molecule has 0 radical (unpaired) electrons. The molecule has 4 bridgehead atoms. The van der Waals surface area contributed by atoms with Crippen LogP contribution >= 0.6 is 11.6 Å². The molecule has 6 heteroatoms. The van der Waals surface area contributed by atoms with Gasteiger partial charge in [-0.15, -0.1) is 0 Å². The van der Waals surface area contributed by atoms with Crippen molar-refractivity contribution in [1.29, 1.82) is 10.5 Å². The Kier molecular flexibility index (Phi) is 3.44. The molecule has 0 amide bonds. The molecule has 0 spiro atoms. The van der Waals surface area contributed by atoms with Crippen LogP contribution in [0.15, 0.2) is 12.1 Å². The van der Waals surface area contributed by atoms with Gasteiger partial charge < -0.3 is 9.47 Å². The monoisotopic (exact) mass is 408 g/mol. The van der Waals surface area contributed by atoms with E-state index < -0.39 is 17.3 Å². The van der Waals surface area contributed by atoms with Crippen molar-refractivity contribution < 1.29 is 14.3 Å². The molecule has 6 aliphatic rings. The van der Waals surface area contributed by atoms with E-state index in [1.165, 1.54) is 19.3 Å². The lowest BCUT2D eigenvalue weighted by Crippen LogP contribution is -2.50. The van der Waals surface area contributed by atoms with E-state index in [0.29, 0.717) is 39.8 Å². The van der Waals surface area contributed by atoms with Crippen molar-refractivity contribution in [3.8, 4) is 23.6 Å². The zero-order valence-electron chi connectivity index (χ0n) is 16.0. The molecule has 1 unspecified atom stereocenters. The zero-order chi connectivity index (χ0) is 20.0. The van der Waals surface area contributed by atoms with Gasteiger partial charge in [-0.2, -0.15) is 10.5 Å². The van der Waals surface area contributed by atoms with Crippen LogP contribution in [0.3, 0.4) is 0 Å². The summed E-state index contributed by atoms with van der Waals surface area (Å²) >= 11 is 6.51. The maximum absolute atomic E-state index is 13.9. The maximum Gasteiger partial charge on any atom is 0.231 e. The van der Waals surface area contributed by atoms with Gasteiger partial charge in [0.1, 0.15) is 5.78 Å². The smallest absolute Gasteiger partial charge is 0.231 e. The summed E-state index contributed by atoms with van der Waals surface area (Å²) in [5.74, 6) is 2.05. The third-order valence-corrected chi connectivity index (χ3v) is 8.57. The maximum atomic E-state index is 13.9. The number of nitrogens with zero attached hydrogens (tertiary/aromatic N) is 2. The van der Waals surface area contributed by atoms with Gasteiger partial charge >= 0.3 is 0 Å². The lowest BCUT2D eigenvalue weighted by atomic mass is 9.48. The normalized spacial score (nSPS) is 39.6. The fourth-order valence-electron chi connectivity index (χ4n) is 7.39. The molecule has 148 valence electrons. The molecule has 0 aromatic heterocycles. The van der Waals surface area contributed by atoms with Gasteiger partial charge in [0, 0.05) is 22.4 Å². The minimum absolute atomic E-state index is 0.122. The molecule has 29 heavy (non-hydrogen) atoms. The van der Waals surface area contributed by atoms with Gasteiger partial charge in [-0.3, -0.25) is 4.79 Å². The predicted molar refractivity (Wildman–Crippen MR) is 103 cm³/mol. The molecule has 1 heterocycles. The molecule has 0 N–H and O–H groups in total. The lowest BCUT2D eigenvalue weighted by molar-refractivity contribution is -0.145. The molecule has 2 atom stereocenters. The SMILES string of the molecule is N#CC1(C#N)C(c2cc3c(cc2Cl)OCO3)[C@H]1C(=O)C12CC3CC(CC(C3)C1)C2. The van der Waals surface area contributed by atoms with Gasteiger partial charge in [0.05, 0.1) is 18.1 Å². The first-order valence-corrected chi connectivity index (χ1v) is 10.8. The molecule has 1 aliphatic heterocycles. The Balaban J connectivity index is 1.39. The van der Waals surface area contributed by atoms with Crippen LogP contribution in [0.2, 0.25) is 5.02 Å². The first-order valence-electron chi connectivity index (χ1n) is 10.5. The first-order chi connectivity index (χ1) is 14.0.